The zero-order valence-electron chi connectivity index (χ0n) is 17.3. The Morgan fingerprint density at radius 2 is 1.83 bits per heavy atom. The molecule has 0 atom stereocenters. The van der Waals surface area contributed by atoms with E-state index in [1.54, 1.807) is 0 Å². The molecule has 0 aliphatic carbocycles. The number of fused-ring (bicyclic) bond motifs is 1. The second-order valence-corrected chi connectivity index (χ2v) is 8.03. The standard InChI is InChI=1S/C24H26N4O2/c1-18-15-22(25-28(18)21-5-3-2-4-6-21)24(29)27-12-10-26(11-13-27)17-19-7-8-23-20(16-19)9-14-30-23/h2-8,15-16H,9-14,17H2,1H3. The number of aryl methyl sites for hydroxylation is 1. The lowest BCUT2D eigenvalue weighted by Crippen LogP contribution is -2.48. The second-order valence-electron chi connectivity index (χ2n) is 8.03. The summed E-state index contributed by atoms with van der Waals surface area (Å²) in [6, 6.07) is 18.3. The van der Waals surface area contributed by atoms with Crippen LogP contribution in [0.3, 0.4) is 0 Å². The van der Waals surface area contributed by atoms with Gasteiger partial charge in [0.25, 0.3) is 5.91 Å². The Labute approximate surface area is 176 Å². The van der Waals surface area contributed by atoms with Crippen molar-refractivity contribution in [2.24, 2.45) is 0 Å². The van der Waals surface area contributed by atoms with Gasteiger partial charge in [0.15, 0.2) is 5.69 Å². The van der Waals surface area contributed by atoms with Crippen molar-refractivity contribution in [1.82, 2.24) is 19.6 Å². The van der Waals surface area contributed by atoms with Gasteiger partial charge in [-0.1, -0.05) is 30.3 Å². The van der Waals surface area contributed by atoms with Crippen LogP contribution in [0.4, 0.5) is 0 Å². The molecule has 6 nitrogen and oxygen atoms in total. The van der Waals surface area contributed by atoms with E-state index in [9.17, 15) is 4.79 Å². The predicted molar refractivity (Wildman–Crippen MR) is 115 cm³/mol. The van der Waals surface area contributed by atoms with E-state index in [4.69, 9.17) is 4.74 Å². The van der Waals surface area contributed by atoms with Crippen molar-refractivity contribution in [1.29, 1.82) is 0 Å². The fourth-order valence-electron chi connectivity index (χ4n) is 4.28. The van der Waals surface area contributed by atoms with Crippen LogP contribution >= 0.6 is 0 Å². The summed E-state index contributed by atoms with van der Waals surface area (Å²) in [5.41, 5.74) is 5.08. The molecule has 6 heteroatoms. The van der Waals surface area contributed by atoms with Crippen LogP contribution < -0.4 is 4.74 Å². The molecule has 0 saturated carbocycles. The number of hydrogen-bond acceptors (Lipinski definition) is 4. The first-order valence-corrected chi connectivity index (χ1v) is 10.6. The normalized spacial score (nSPS) is 16.4. The highest BCUT2D eigenvalue weighted by atomic mass is 16.5. The molecule has 0 spiro atoms. The van der Waals surface area contributed by atoms with Gasteiger partial charge >= 0.3 is 0 Å². The fraction of sp³-hybridized carbons (Fsp3) is 0.333. The predicted octanol–water partition coefficient (Wildman–Crippen LogP) is 3.07. The van der Waals surface area contributed by atoms with Crippen LogP contribution in [0.15, 0.2) is 54.6 Å². The van der Waals surface area contributed by atoms with Gasteiger partial charge in [0.1, 0.15) is 5.75 Å². The first-order chi connectivity index (χ1) is 14.7. The van der Waals surface area contributed by atoms with Crippen molar-refractivity contribution >= 4 is 5.91 Å². The number of benzene rings is 2. The van der Waals surface area contributed by atoms with E-state index < -0.39 is 0 Å². The SMILES string of the molecule is Cc1cc(C(=O)N2CCN(Cc3ccc4c(c3)CCO4)CC2)nn1-c1ccccc1. The van der Waals surface area contributed by atoms with Crippen LogP contribution in [0.25, 0.3) is 5.69 Å². The van der Waals surface area contributed by atoms with Crippen LogP contribution in [0, 0.1) is 6.92 Å². The molecule has 1 fully saturated rings. The molecule has 154 valence electrons. The maximum Gasteiger partial charge on any atom is 0.274 e. The lowest BCUT2D eigenvalue weighted by Gasteiger charge is -2.34. The first kappa shape index (κ1) is 18.9. The molecule has 3 heterocycles. The quantitative estimate of drug-likeness (QED) is 0.673. The number of ether oxygens (including phenoxy) is 1. The highest BCUT2D eigenvalue weighted by Gasteiger charge is 2.25. The largest absolute Gasteiger partial charge is 0.493 e. The van der Waals surface area contributed by atoms with Crippen molar-refractivity contribution in [2.45, 2.75) is 19.9 Å². The Morgan fingerprint density at radius 3 is 2.63 bits per heavy atom. The summed E-state index contributed by atoms with van der Waals surface area (Å²) >= 11 is 0. The summed E-state index contributed by atoms with van der Waals surface area (Å²) in [5, 5.41) is 4.58. The Hall–Kier alpha value is -3.12. The molecule has 0 bridgehead atoms. The van der Waals surface area contributed by atoms with E-state index in [1.165, 1.54) is 11.1 Å². The van der Waals surface area contributed by atoms with E-state index >= 15 is 0 Å². The third kappa shape index (κ3) is 3.71. The highest BCUT2D eigenvalue weighted by Crippen LogP contribution is 2.26. The third-order valence-corrected chi connectivity index (χ3v) is 5.93. The van der Waals surface area contributed by atoms with Gasteiger partial charge in [-0.25, -0.2) is 4.68 Å². The summed E-state index contributed by atoms with van der Waals surface area (Å²) in [4.78, 5) is 17.3. The maximum absolute atomic E-state index is 13.0. The third-order valence-electron chi connectivity index (χ3n) is 5.93. The second kappa shape index (κ2) is 7.95. The van der Waals surface area contributed by atoms with Crippen LogP contribution in [0.5, 0.6) is 5.75 Å². The zero-order chi connectivity index (χ0) is 20.5. The number of aromatic nitrogens is 2. The fourth-order valence-corrected chi connectivity index (χ4v) is 4.28. The van der Waals surface area contributed by atoms with Crippen LogP contribution in [-0.2, 0) is 13.0 Å². The molecule has 2 aliphatic heterocycles. The molecule has 0 radical (unpaired) electrons. The monoisotopic (exact) mass is 402 g/mol. The van der Waals surface area contributed by atoms with Gasteiger partial charge in [-0.15, -0.1) is 0 Å². The smallest absolute Gasteiger partial charge is 0.274 e. The van der Waals surface area contributed by atoms with E-state index in [-0.39, 0.29) is 5.91 Å². The Balaban J connectivity index is 1.21. The lowest BCUT2D eigenvalue weighted by molar-refractivity contribution is 0.0622. The number of rotatable bonds is 4. The highest BCUT2D eigenvalue weighted by molar-refractivity contribution is 5.92. The molecule has 3 aromatic rings. The van der Waals surface area contributed by atoms with Gasteiger partial charge in [-0.05, 0) is 42.3 Å². The van der Waals surface area contributed by atoms with Crippen molar-refractivity contribution in [2.75, 3.05) is 32.8 Å². The van der Waals surface area contributed by atoms with Gasteiger partial charge in [0.2, 0.25) is 0 Å². The average Bonchev–Trinajstić information content (AvgIpc) is 3.40. The van der Waals surface area contributed by atoms with Crippen molar-refractivity contribution in [3.05, 3.63) is 77.1 Å². The Kier molecular flexibility index (Phi) is 5.01. The minimum absolute atomic E-state index is 0.0158. The van der Waals surface area contributed by atoms with E-state index in [0.717, 1.165) is 62.9 Å². The minimum Gasteiger partial charge on any atom is -0.493 e. The number of hydrogen-bond donors (Lipinski definition) is 0. The molecule has 2 aliphatic rings. The molecule has 30 heavy (non-hydrogen) atoms. The number of carbonyl (C=O) groups is 1. The Bertz CT molecular complexity index is 1050. The van der Waals surface area contributed by atoms with Crippen molar-refractivity contribution in [3.63, 3.8) is 0 Å². The Morgan fingerprint density at radius 1 is 1.03 bits per heavy atom. The van der Waals surface area contributed by atoms with Gasteiger partial charge in [0.05, 0.1) is 12.3 Å². The summed E-state index contributed by atoms with van der Waals surface area (Å²) in [5.74, 6) is 1.04. The van der Waals surface area contributed by atoms with Gasteiger partial charge < -0.3 is 9.64 Å². The van der Waals surface area contributed by atoms with Gasteiger partial charge in [-0.2, -0.15) is 5.10 Å². The number of amides is 1. The van der Waals surface area contributed by atoms with E-state index in [2.05, 4.69) is 28.2 Å². The molecular weight excluding hydrogens is 376 g/mol. The summed E-state index contributed by atoms with van der Waals surface area (Å²) in [6.45, 7) is 6.89. The summed E-state index contributed by atoms with van der Waals surface area (Å²) in [6.07, 6.45) is 1.00. The summed E-state index contributed by atoms with van der Waals surface area (Å²) in [7, 11) is 0. The van der Waals surface area contributed by atoms with Crippen LogP contribution in [0.2, 0.25) is 0 Å². The average molecular weight is 402 g/mol. The van der Waals surface area contributed by atoms with Gasteiger partial charge in [0, 0.05) is 44.8 Å². The summed E-state index contributed by atoms with van der Waals surface area (Å²) < 4.78 is 7.43. The molecular formula is C24H26N4O2. The minimum atomic E-state index is 0.0158. The van der Waals surface area contributed by atoms with Gasteiger partial charge in [-0.3, -0.25) is 9.69 Å². The number of nitrogens with zero attached hydrogens (tertiary/aromatic N) is 4. The van der Waals surface area contributed by atoms with Crippen LogP contribution in [-0.4, -0.2) is 58.3 Å². The molecule has 0 unspecified atom stereocenters. The number of para-hydroxylation sites is 1. The van der Waals surface area contributed by atoms with E-state index in [1.807, 2.05) is 52.9 Å². The molecule has 1 aromatic heterocycles. The molecule has 1 amide bonds. The van der Waals surface area contributed by atoms with Crippen molar-refractivity contribution < 1.29 is 9.53 Å². The zero-order valence-corrected chi connectivity index (χ0v) is 17.3. The topological polar surface area (TPSA) is 50.6 Å². The van der Waals surface area contributed by atoms with E-state index in [0.29, 0.717) is 5.69 Å². The first-order valence-electron chi connectivity index (χ1n) is 10.6. The van der Waals surface area contributed by atoms with Crippen molar-refractivity contribution in [3.8, 4) is 11.4 Å². The molecule has 0 N–H and O–H groups in total. The number of piperazine rings is 1. The maximum atomic E-state index is 13.0. The van der Waals surface area contributed by atoms with Crippen LogP contribution in [0.1, 0.15) is 27.3 Å². The molecule has 5 rings (SSSR count). The number of carbonyl (C=O) groups excluding carboxylic acids is 1. The molecule has 1 saturated heterocycles. The lowest BCUT2D eigenvalue weighted by atomic mass is 10.1. The molecule has 2 aromatic carbocycles.